The zero-order valence-corrected chi connectivity index (χ0v) is 12.1. The van der Waals surface area contributed by atoms with Gasteiger partial charge in [0.05, 0.1) is 12.2 Å². The van der Waals surface area contributed by atoms with E-state index in [4.69, 9.17) is 26.8 Å². The van der Waals surface area contributed by atoms with Gasteiger partial charge in [-0.1, -0.05) is 11.6 Å². The van der Waals surface area contributed by atoms with Crippen LogP contribution in [0.3, 0.4) is 0 Å². The molecule has 0 saturated carbocycles. The van der Waals surface area contributed by atoms with Crippen LogP contribution in [0.25, 0.3) is 0 Å². The number of amides is 1. The van der Waals surface area contributed by atoms with Crippen LogP contribution in [0.1, 0.15) is 17.3 Å². The van der Waals surface area contributed by atoms with Crippen molar-refractivity contribution in [3.8, 4) is 0 Å². The molecule has 20 heavy (non-hydrogen) atoms. The fourth-order valence-electron chi connectivity index (χ4n) is 1.54. The number of hydrogen-bond donors (Lipinski definition) is 2. The van der Waals surface area contributed by atoms with Gasteiger partial charge in [0.25, 0.3) is 5.91 Å². The summed E-state index contributed by atoms with van der Waals surface area (Å²) in [6.07, 6.45) is 0. The van der Waals surface area contributed by atoms with Crippen molar-refractivity contribution in [2.75, 3.05) is 26.1 Å². The molecule has 6 nitrogen and oxygen atoms in total. The van der Waals surface area contributed by atoms with E-state index in [1.54, 1.807) is 6.92 Å². The third-order valence-corrected chi connectivity index (χ3v) is 2.63. The summed E-state index contributed by atoms with van der Waals surface area (Å²) in [5, 5.41) is 3.04. The summed E-state index contributed by atoms with van der Waals surface area (Å²) >= 11 is 5.73. The summed E-state index contributed by atoms with van der Waals surface area (Å²) in [7, 11) is 1.53. The maximum Gasteiger partial charge on any atom is 0.340 e. The summed E-state index contributed by atoms with van der Waals surface area (Å²) in [6.45, 7) is 1.78. The Bertz CT molecular complexity index is 493. The number of ether oxygens (including phenoxy) is 2. The van der Waals surface area contributed by atoms with Crippen molar-refractivity contribution in [3.05, 3.63) is 28.8 Å². The Balaban J connectivity index is 2.49. The maximum absolute atomic E-state index is 11.7. The lowest BCUT2D eigenvalue weighted by atomic mass is 10.2. The second-order valence-corrected chi connectivity index (χ2v) is 4.67. The van der Waals surface area contributed by atoms with E-state index >= 15 is 0 Å². The predicted octanol–water partition coefficient (Wildman–Crippen LogP) is 1.23. The number of nitrogens with two attached hydrogens (primary N) is 1. The number of anilines is 1. The second kappa shape index (κ2) is 7.72. The van der Waals surface area contributed by atoms with Crippen molar-refractivity contribution in [2.45, 2.75) is 13.0 Å². The number of hydrogen-bond acceptors (Lipinski definition) is 5. The van der Waals surface area contributed by atoms with Gasteiger partial charge in [0, 0.05) is 23.9 Å². The highest BCUT2D eigenvalue weighted by atomic mass is 35.5. The van der Waals surface area contributed by atoms with Crippen LogP contribution in [0.4, 0.5) is 5.69 Å². The topological polar surface area (TPSA) is 90.6 Å². The van der Waals surface area contributed by atoms with E-state index in [1.807, 2.05) is 0 Å². The van der Waals surface area contributed by atoms with Crippen molar-refractivity contribution >= 4 is 29.2 Å². The van der Waals surface area contributed by atoms with E-state index in [0.717, 1.165) is 0 Å². The quantitative estimate of drug-likeness (QED) is 0.609. The average Bonchev–Trinajstić information content (AvgIpc) is 2.36. The molecule has 0 aliphatic rings. The largest absolute Gasteiger partial charge is 0.452 e. The minimum absolute atomic E-state index is 0.160. The van der Waals surface area contributed by atoms with Gasteiger partial charge in [0.15, 0.2) is 6.61 Å². The molecular weight excluding hydrogens is 284 g/mol. The number of carbonyl (C=O) groups excluding carboxylic acids is 2. The van der Waals surface area contributed by atoms with Crippen LogP contribution in [0.15, 0.2) is 18.2 Å². The number of methoxy groups -OCH3 is 1. The fourth-order valence-corrected chi connectivity index (χ4v) is 1.72. The molecule has 110 valence electrons. The standard InChI is InChI=1S/C13H17ClN2O4/c1-8(6-19-2)16-12(17)7-20-13(18)10-4-3-9(14)5-11(10)15/h3-5,8H,6-7,15H2,1-2H3,(H,16,17). The van der Waals surface area contributed by atoms with Crippen LogP contribution >= 0.6 is 11.6 Å². The first kappa shape index (κ1) is 16.3. The average molecular weight is 301 g/mol. The first-order valence-electron chi connectivity index (χ1n) is 5.94. The van der Waals surface area contributed by atoms with Crippen molar-refractivity contribution < 1.29 is 19.1 Å². The Hall–Kier alpha value is -1.79. The normalized spacial score (nSPS) is 11.8. The Morgan fingerprint density at radius 2 is 2.15 bits per heavy atom. The smallest absolute Gasteiger partial charge is 0.340 e. The number of nitrogens with one attached hydrogen (secondary N) is 1. The molecule has 0 aliphatic carbocycles. The van der Waals surface area contributed by atoms with E-state index in [9.17, 15) is 9.59 Å². The molecule has 0 radical (unpaired) electrons. The lowest BCUT2D eigenvalue weighted by Crippen LogP contribution is -2.38. The highest BCUT2D eigenvalue weighted by Crippen LogP contribution is 2.18. The summed E-state index contributed by atoms with van der Waals surface area (Å²) in [5.74, 6) is -1.08. The molecule has 0 fully saturated rings. The van der Waals surface area contributed by atoms with Gasteiger partial charge in [-0.05, 0) is 25.1 Å². The molecule has 1 aromatic carbocycles. The molecule has 1 aromatic rings. The van der Waals surface area contributed by atoms with Gasteiger partial charge in [-0.3, -0.25) is 4.79 Å². The van der Waals surface area contributed by atoms with Gasteiger partial charge in [-0.25, -0.2) is 4.79 Å². The Morgan fingerprint density at radius 3 is 2.75 bits per heavy atom. The molecule has 1 unspecified atom stereocenters. The number of benzene rings is 1. The minimum atomic E-state index is -0.672. The summed E-state index contributed by atoms with van der Waals surface area (Å²) in [4.78, 5) is 23.2. The SMILES string of the molecule is COCC(C)NC(=O)COC(=O)c1ccc(Cl)cc1N. The van der Waals surface area contributed by atoms with Crippen LogP contribution in [0.2, 0.25) is 5.02 Å². The second-order valence-electron chi connectivity index (χ2n) is 4.23. The number of carbonyl (C=O) groups is 2. The number of rotatable bonds is 6. The number of nitrogen functional groups attached to an aromatic ring is 1. The van der Waals surface area contributed by atoms with E-state index < -0.39 is 11.9 Å². The highest BCUT2D eigenvalue weighted by Gasteiger charge is 2.14. The summed E-state index contributed by atoms with van der Waals surface area (Å²) in [5.41, 5.74) is 6.02. The predicted molar refractivity (Wildman–Crippen MR) is 75.6 cm³/mol. The fraction of sp³-hybridized carbons (Fsp3) is 0.385. The molecule has 0 spiro atoms. The molecular formula is C13H17ClN2O4. The van der Waals surface area contributed by atoms with Crippen molar-refractivity contribution in [2.24, 2.45) is 0 Å². The van der Waals surface area contributed by atoms with E-state index in [-0.39, 0.29) is 23.9 Å². The van der Waals surface area contributed by atoms with Gasteiger partial charge >= 0.3 is 5.97 Å². The van der Waals surface area contributed by atoms with E-state index in [0.29, 0.717) is 11.6 Å². The Kier molecular flexibility index (Phi) is 6.27. The summed E-state index contributed by atoms with van der Waals surface area (Å²) < 4.78 is 9.75. The number of halogens is 1. The zero-order chi connectivity index (χ0) is 15.1. The monoisotopic (exact) mass is 300 g/mol. The third kappa shape index (κ3) is 5.07. The van der Waals surface area contributed by atoms with Crippen molar-refractivity contribution in [1.82, 2.24) is 5.32 Å². The van der Waals surface area contributed by atoms with Gasteiger partial charge in [0.2, 0.25) is 0 Å². The molecule has 0 aliphatic heterocycles. The molecule has 0 heterocycles. The first-order valence-corrected chi connectivity index (χ1v) is 6.32. The molecule has 0 bridgehead atoms. The molecule has 7 heteroatoms. The Labute approximate surface area is 122 Å². The highest BCUT2D eigenvalue weighted by molar-refractivity contribution is 6.31. The first-order chi connectivity index (χ1) is 9.43. The van der Waals surface area contributed by atoms with Crippen LogP contribution < -0.4 is 11.1 Å². The minimum Gasteiger partial charge on any atom is -0.452 e. The van der Waals surface area contributed by atoms with Crippen molar-refractivity contribution in [1.29, 1.82) is 0 Å². The molecule has 0 aromatic heterocycles. The van der Waals surface area contributed by atoms with Crippen LogP contribution in [-0.2, 0) is 14.3 Å². The van der Waals surface area contributed by atoms with E-state index in [1.165, 1.54) is 25.3 Å². The van der Waals surface area contributed by atoms with Gasteiger partial charge in [0.1, 0.15) is 0 Å². The van der Waals surface area contributed by atoms with Crippen LogP contribution in [0.5, 0.6) is 0 Å². The zero-order valence-electron chi connectivity index (χ0n) is 11.3. The lowest BCUT2D eigenvalue weighted by Gasteiger charge is -2.13. The third-order valence-electron chi connectivity index (χ3n) is 2.39. The van der Waals surface area contributed by atoms with Gasteiger partial charge in [-0.2, -0.15) is 0 Å². The van der Waals surface area contributed by atoms with Crippen molar-refractivity contribution in [3.63, 3.8) is 0 Å². The van der Waals surface area contributed by atoms with Gasteiger partial charge in [-0.15, -0.1) is 0 Å². The maximum atomic E-state index is 11.7. The Morgan fingerprint density at radius 1 is 1.45 bits per heavy atom. The lowest BCUT2D eigenvalue weighted by molar-refractivity contribution is -0.125. The molecule has 0 saturated heterocycles. The molecule has 1 amide bonds. The van der Waals surface area contributed by atoms with Gasteiger partial charge < -0.3 is 20.5 Å². The molecule has 1 rings (SSSR count). The number of esters is 1. The molecule has 1 atom stereocenters. The molecule has 3 N–H and O–H groups in total. The van der Waals surface area contributed by atoms with Crippen LogP contribution in [-0.4, -0.2) is 38.2 Å². The van der Waals surface area contributed by atoms with E-state index in [2.05, 4.69) is 5.32 Å². The van der Waals surface area contributed by atoms with Crippen LogP contribution in [0, 0.1) is 0 Å². The summed E-state index contributed by atoms with van der Waals surface area (Å²) in [6, 6.07) is 4.26.